The maximum Gasteiger partial charge on any atom is 0.319 e. The standard InChI is InChI=1S/C22H29N3O5S/c1-3-10-23(17-22(27)30-2)16-21(26)24-11-13-25(14-12-24)31(28,29)20-9-8-18-6-4-5-7-19(18)15-20/h4-9,15H,3,10-14,16-17H2,1-2H3. The molecule has 0 radical (unpaired) electrons. The Morgan fingerprint density at radius 1 is 1.00 bits per heavy atom. The second-order valence-corrected chi connectivity index (χ2v) is 9.52. The SMILES string of the molecule is CCCN(CC(=O)OC)CC(=O)N1CCN(S(=O)(=O)c2ccc3ccccc3c2)CC1. The molecule has 31 heavy (non-hydrogen) atoms. The van der Waals surface area contributed by atoms with Gasteiger partial charge in [-0.2, -0.15) is 4.31 Å². The molecule has 3 rings (SSSR count). The lowest BCUT2D eigenvalue weighted by molar-refractivity contribution is -0.143. The van der Waals surface area contributed by atoms with Crippen LogP contribution in [0.3, 0.4) is 0 Å². The summed E-state index contributed by atoms with van der Waals surface area (Å²) in [6, 6.07) is 12.8. The molecule has 0 N–H and O–H groups in total. The van der Waals surface area contributed by atoms with Crippen molar-refractivity contribution in [1.82, 2.24) is 14.1 Å². The number of fused-ring (bicyclic) bond motifs is 1. The van der Waals surface area contributed by atoms with Gasteiger partial charge in [0, 0.05) is 26.2 Å². The molecule has 1 fully saturated rings. The molecule has 0 aliphatic carbocycles. The molecular formula is C22H29N3O5S. The third kappa shape index (κ3) is 5.61. The Hall–Kier alpha value is -2.49. The molecule has 1 heterocycles. The van der Waals surface area contributed by atoms with E-state index in [0.717, 1.165) is 17.2 Å². The topological polar surface area (TPSA) is 87.2 Å². The zero-order valence-corrected chi connectivity index (χ0v) is 18.8. The number of benzene rings is 2. The number of methoxy groups -OCH3 is 1. The van der Waals surface area contributed by atoms with Gasteiger partial charge in [0.2, 0.25) is 15.9 Å². The Balaban J connectivity index is 1.62. The van der Waals surface area contributed by atoms with E-state index in [1.807, 2.05) is 37.3 Å². The highest BCUT2D eigenvalue weighted by molar-refractivity contribution is 7.89. The van der Waals surface area contributed by atoms with E-state index in [-0.39, 0.29) is 43.0 Å². The van der Waals surface area contributed by atoms with Gasteiger partial charge in [-0.25, -0.2) is 8.42 Å². The molecule has 0 saturated carbocycles. The summed E-state index contributed by atoms with van der Waals surface area (Å²) in [5.74, 6) is -0.493. The number of rotatable bonds is 8. The molecule has 0 bridgehead atoms. The molecule has 0 aromatic heterocycles. The summed E-state index contributed by atoms with van der Waals surface area (Å²) in [5, 5.41) is 1.86. The predicted octanol–water partition coefficient (Wildman–Crippen LogP) is 1.56. The Kier molecular flexibility index (Phi) is 7.64. The monoisotopic (exact) mass is 447 g/mol. The molecule has 1 saturated heterocycles. The average Bonchev–Trinajstić information content (AvgIpc) is 2.78. The van der Waals surface area contributed by atoms with Crippen LogP contribution in [0.15, 0.2) is 47.4 Å². The Morgan fingerprint density at radius 3 is 2.32 bits per heavy atom. The number of hydrogen-bond donors (Lipinski definition) is 0. The Bertz CT molecular complexity index is 1030. The van der Waals surface area contributed by atoms with E-state index in [1.165, 1.54) is 11.4 Å². The molecular weight excluding hydrogens is 418 g/mol. The van der Waals surface area contributed by atoms with Crippen molar-refractivity contribution in [3.63, 3.8) is 0 Å². The van der Waals surface area contributed by atoms with Crippen LogP contribution in [0.4, 0.5) is 0 Å². The number of hydrogen-bond acceptors (Lipinski definition) is 6. The van der Waals surface area contributed by atoms with Crippen LogP contribution in [-0.2, 0) is 24.3 Å². The molecule has 9 heteroatoms. The fourth-order valence-corrected chi connectivity index (χ4v) is 5.18. The summed E-state index contributed by atoms with van der Waals surface area (Å²) in [6.07, 6.45) is 0.808. The van der Waals surface area contributed by atoms with Crippen LogP contribution in [-0.4, -0.2) is 87.3 Å². The fourth-order valence-electron chi connectivity index (χ4n) is 3.72. The average molecular weight is 448 g/mol. The molecule has 8 nitrogen and oxygen atoms in total. The summed E-state index contributed by atoms with van der Waals surface area (Å²) in [5.41, 5.74) is 0. The van der Waals surface area contributed by atoms with Crippen LogP contribution in [0, 0.1) is 0 Å². The highest BCUT2D eigenvalue weighted by Gasteiger charge is 2.30. The van der Waals surface area contributed by atoms with Gasteiger partial charge in [0.15, 0.2) is 0 Å². The van der Waals surface area contributed by atoms with Crippen molar-refractivity contribution in [3.8, 4) is 0 Å². The van der Waals surface area contributed by atoms with Gasteiger partial charge in [0.1, 0.15) is 0 Å². The van der Waals surface area contributed by atoms with Crippen LogP contribution in [0.5, 0.6) is 0 Å². The van der Waals surface area contributed by atoms with Crippen molar-refractivity contribution in [2.24, 2.45) is 0 Å². The van der Waals surface area contributed by atoms with Crippen molar-refractivity contribution >= 4 is 32.7 Å². The molecule has 2 aromatic carbocycles. The van der Waals surface area contributed by atoms with E-state index < -0.39 is 10.0 Å². The summed E-state index contributed by atoms with van der Waals surface area (Å²) >= 11 is 0. The van der Waals surface area contributed by atoms with Crippen LogP contribution in [0.25, 0.3) is 10.8 Å². The second kappa shape index (κ2) is 10.2. The summed E-state index contributed by atoms with van der Waals surface area (Å²) in [7, 11) is -2.31. The molecule has 1 amide bonds. The number of carbonyl (C=O) groups excluding carboxylic acids is 2. The van der Waals surface area contributed by atoms with Gasteiger partial charge in [-0.05, 0) is 35.9 Å². The molecule has 0 spiro atoms. The van der Waals surface area contributed by atoms with Crippen molar-refractivity contribution in [2.45, 2.75) is 18.2 Å². The number of carbonyl (C=O) groups is 2. The second-order valence-electron chi connectivity index (χ2n) is 7.58. The lowest BCUT2D eigenvalue weighted by atomic mass is 10.1. The Morgan fingerprint density at radius 2 is 1.68 bits per heavy atom. The minimum atomic E-state index is -3.63. The van der Waals surface area contributed by atoms with Gasteiger partial charge in [-0.3, -0.25) is 14.5 Å². The van der Waals surface area contributed by atoms with Crippen molar-refractivity contribution in [1.29, 1.82) is 0 Å². The molecule has 0 unspecified atom stereocenters. The molecule has 1 aliphatic heterocycles. The lowest BCUT2D eigenvalue weighted by Crippen LogP contribution is -2.52. The Labute approximate surface area is 183 Å². The van der Waals surface area contributed by atoms with Crippen LogP contribution < -0.4 is 0 Å². The largest absolute Gasteiger partial charge is 0.468 e. The zero-order valence-electron chi connectivity index (χ0n) is 18.0. The number of sulfonamides is 1. The molecule has 2 aromatic rings. The number of esters is 1. The van der Waals surface area contributed by atoms with E-state index in [9.17, 15) is 18.0 Å². The first-order valence-electron chi connectivity index (χ1n) is 10.4. The quantitative estimate of drug-likeness (QED) is 0.571. The number of ether oxygens (including phenoxy) is 1. The zero-order chi connectivity index (χ0) is 22.4. The summed E-state index contributed by atoms with van der Waals surface area (Å²) in [6.45, 7) is 3.89. The number of nitrogens with zero attached hydrogens (tertiary/aromatic N) is 3. The summed E-state index contributed by atoms with van der Waals surface area (Å²) < 4.78 is 32.3. The smallest absolute Gasteiger partial charge is 0.319 e. The van der Waals surface area contributed by atoms with Crippen molar-refractivity contribution < 1.29 is 22.7 Å². The summed E-state index contributed by atoms with van der Waals surface area (Å²) in [4.78, 5) is 27.9. The first kappa shape index (κ1) is 23.2. The number of amides is 1. The van der Waals surface area contributed by atoms with E-state index >= 15 is 0 Å². The fraction of sp³-hybridized carbons (Fsp3) is 0.455. The normalized spacial score (nSPS) is 15.4. The number of piperazine rings is 1. The van der Waals surface area contributed by atoms with Crippen molar-refractivity contribution in [2.75, 3.05) is 52.9 Å². The highest BCUT2D eigenvalue weighted by Crippen LogP contribution is 2.23. The first-order valence-corrected chi connectivity index (χ1v) is 11.8. The third-order valence-corrected chi connectivity index (χ3v) is 7.32. The first-order chi connectivity index (χ1) is 14.8. The van der Waals surface area contributed by atoms with E-state index in [4.69, 9.17) is 4.74 Å². The van der Waals surface area contributed by atoms with E-state index in [2.05, 4.69) is 0 Å². The van der Waals surface area contributed by atoms with Crippen molar-refractivity contribution in [3.05, 3.63) is 42.5 Å². The van der Waals surface area contributed by atoms with Gasteiger partial charge in [-0.15, -0.1) is 0 Å². The van der Waals surface area contributed by atoms with Gasteiger partial charge < -0.3 is 9.64 Å². The maximum absolute atomic E-state index is 13.1. The maximum atomic E-state index is 13.1. The molecule has 0 atom stereocenters. The third-order valence-electron chi connectivity index (χ3n) is 5.43. The minimum Gasteiger partial charge on any atom is -0.468 e. The van der Waals surface area contributed by atoms with Crippen LogP contribution in [0.1, 0.15) is 13.3 Å². The van der Waals surface area contributed by atoms with Crippen LogP contribution >= 0.6 is 0 Å². The van der Waals surface area contributed by atoms with Gasteiger partial charge in [-0.1, -0.05) is 37.3 Å². The highest BCUT2D eigenvalue weighted by atomic mass is 32.2. The van der Waals surface area contributed by atoms with Gasteiger partial charge in [0.25, 0.3) is 0 Å². The van der Waals surface area contributed by atoms with E-state index in [0.29, 0.717) is 19.6 Å². The van der Waals surface area contributed by atoms with Gasteiger partial charge in [0.05, 0.1) is 25.1 Å². The van der Waals surface area contributed by atoms with Crippen LogP contribution in [0.2, 0.25) is 0 Å². The minimum absolute atomic E-state index is 0.0619. The lowest BCUT2D eigenvalue weighted by Gasteiger charge is -2.35. The predicted molar refractivity (Wildman–Crippen MR) is 118 cm³/mol. The van der Waals surface area contributed by atoms with E-state index in [1.54, 1.807) is 21.9 Å². The molecule has 1 aliphatic rings. The molecule has 168 valence electrons. The van der Waals surface area contributed by atoms with Gasteiger partial charge >= 0.3 is 5.97 Å².